The second-order valence-corrected chi connectivity index (χ2v) is 23.5. The summed E-state index contributed by atoms with van der Waals surface area (Å²) in [4.78, 5) is 0. The van der Waals surface area contributed by atoms with E-state index in [4.69, 9.17) is 12.3 Å². The maximum Gasteiger partial charge on any atom is 0.212 e. The van der Waals surface area contributed by atoms with E-state index in [0.29, 0.717) is 0 Å². The molecule has 0 bridgehead atoms. The maximum absolute atomic E-state index is 8.76. The number of aromatic nitrogens is 4. The molecule has 4 aromatic carbocycles. The summed E-state index contributed by atoms with van der Waals surface area (Å²) in [5.41, 5.74) is 21.3. The normalized spacial score (nSPS) is 16.9. The number of rotatable bonds is 9. The topological polar surface area (TPSA) is 15.5 Å². The van der Waals surface area contributed by atoms with E-state index >= 15 is 0 Å². The number of nitrogens with zero attached hydrogens (tertiary/aromatic N) is 4. The summed E-state index contributed by atoms with van der Waals surface area (Å²) in [5.74, 6) is -1.49. The summed E-state index contributed by atoms with van der Waals surface area (Å²) in [6.45, 7) is 20.8. The van der Waals surface area contributed by atoms with Gasteiger partial charge in [-0.3, -0.25) is 0 Å². The van der Waals surface area contributed by atoms with Crippen molar-refractivity contribution in [2.45, 2.75) is 172 Å². The summed E-state index contributed by atoms with van der Waals surface area (Å²) in [6.07, 6.45) is 14.8. The first-order valence-electron chi connectivity index (χ1n) is 33.3. The average Bonchev–Trinajstić information content (AvgIpc) is 1.59. The van der Waals surface area contributed by atoms with Crippen LogP contribution in [0.5, 0.6) is 0 Å². The van der Waals surface area contributed by atoms with Crippen LogP contribution in [0, 0.1) is 53.9 Å². The van der Waals surface area contributed by atoms with Crippen LogP contribution in [0.3, 0.4) is 0 Å². The van der Waals surface area contributed by atoms with Gasteiger partial charge in [0.05, 0.1) is 0 Å². The SMILES string of the molecule is Cc1ccccc1-c1cc(C)c(C2CCCC2)c[n+]1C.[2H]C([2H])(C)c1cc(-c2ccccc2C)[n+](C)cc1C([2H])(C)C([2H])([2H])[2H].[2H]C([2H])(c1c[n+](C)c(-c2ccccc2C)cc1C)C(C)(C)C.[2H]C1(c2c[n+](C)c(-c3ccccc3C)cc2C)CCCC1. The van der Waals surface area contributed by atoms with Crippen molar-refractivity contribution in [2.24, 2.45) is 33.6 Å². The van der Waals surface area contributed by atoms with Crippen LogP contribution in [-0.4, -0.2) is 0 Å². The van der Waals surface area contributed by atoms with Crippen LogP contribution in [-0.2, 0) is 40.9 Å². The van der Waals surface area contributed by atoms with Gasteiger partial charge in [0.15, 0.2) is 24.8 Å². The Labute approximate surface area is 492 Å². The van der Waals surface area contributed by atoms with E-state index in [1.54, 1.807) is 29.4 Å². The van der Waals surface area contributed by atoms with Gasteiger partial charge in [-0.15, -0.1) is 0 Å². The zero-order valence-electron chi connectivity index (χ0n) is 59.9. The fraction of sp³-hybridized carbons (Fsp3) is 0.413. The van der Waals surface area contributed by atoms with Gasteiger partial charge in [-0.05, 0) is 179 Å². The van der Waals surface area contributed by atoms with Gasteiger partial charge in [-0.2, -0.15) is 0 Å². The molecule has 79 heavy (non-hydrogen) atoms. The molecule has 4 nitrogen and oxygen atoms in total. The van der Waals surface area contributed by atoms with E-state index in [1.807, 2.05) is 88.8 Å². The van der Waals surface area contributed by atoms with E-state index in [2.05, 4.69) is 149 Å². The summed E-state index contributed by atoms with van der Waals surface area (Å²) in [7, 11) is 8.06. The smallest absolute Gasteiger partial charge is 0.201 e. The molecule has 10 rings (SSSR count). The van der Waals surface area contributed by atoms with Crippen LogP contribution in [0.2, 0.25) is 0 Å². The Morgan fingerprint density at radius 3 is 1.28 bits per heavy atom. The number of hydrogen-bond donors (Lipinski definition) is 0. The second kappa shape index (κ2) is 27.1. The van der Waals surface area contributed by atoms with Crippen molar-refractivity contribution in [2.75, 3.05) is 0 Å². The Morgan fingerprint density at radius 2 is 0.861 bits per heavy atom. The Balaban J connectivity index is 0.000000168. The van der Waals surface area contributed by atoms with Crippen LogP contribution in [0.15, 0.2) is 146 Å². The molecule has 0 N–H and O–H groups in total. The first kappa shape index (κ1) is 48.4. The third-order valence-corrected chi connectivity index (χ3v) is 16.0. The molecule has 4 heterocycles. The molecule has 0 aliphatic heterocycles. The van der Waals surface area contributed by atoms with Gasteiger partial charge in [0.2, 0.25) is 22.8 Å². The van der Waals surface area contributed by atoms with Gasteiger partial charge in [0.25, 0.3) is 0 Å². The number of aryl methyl sites for hydroxylation is 12. The standard InChI is InChI=1S/2C19H24N.C19H26N.C18H24N/c2*1-14-8-4-7-11-17(14)19-12-15(2)18(13-20(19)3)16-9-5-6-10-16;1-14-9-7-8-10-17(14)18-11-15(2)16(13-20(18)6)12-19(3,4)5;1-6-15-11-18(16-10-8-7-9-14(16)4)19(5)12-17(15)13(2)3/h2*4,7-8,11-13,16H,5-6,9-10H2,1-3H3;7-11,13H,12H2,1-6H3;7-13H,6H2,1-5H3/q4*+1/i16D;;12D2;2D3,6D2,13D. The lowest BCUT2D eigenvalue weighted by Crippen LogP contribution is -2.32. The molecule has 0 radical (unpaired) electrons. The van der Waals surface area contributed by atoms with Crippen molar-refractivity contribution in [3.05, 3.63) is 213 Å². The van der Waals surface area contributed by atoms with Crippen molar-refractivity contribution in [1.29, 1.82) is 0 Å². The molecule has 1 atom stereocenters. The zero-order chi connectivity index (χ0) is 65.1. The van der Waals surface area contributed by atoms with Crippen molar-refractivity contribution in [3.63, 3.8) is 0 Å². The molecule has 2 aliphatic rings. The van der Waals surface area contributed by atoms with Gasteiger partial charge in [0, 0.05) is 81.1 Å². The minimum absolute atomic E-state index is 0.180. The van der Waals surface area contributed by atoms with Crippen LogP contribution < -0.4 is 18.3 Å². The first-order valence-corrected chi connectivity index (χ1v) is 28.8. The minimum atomic E-state index is -2.57. The molecule has 0 saturated heterocycles. The van der Waals surface area contributed by atoms with Gasteiger partial charge >= 0.3 is 0 Å². The summed E-state index contributed by atoms with van der Waals surface area (Å²) in [6, 6.07) is 41.6. The molecule has 2 saturated carbocycles. The third kappa shape index (κ3) is 15.2. The Hall–Kier alpha value is -6.52. The van der Waals surface area contributed by atoms with Crippen molar-refractivity contribution < 1.29 is 30.6 Å². The van der Waals surface area contributed by atoms with Gasteiger partial charge in [0.1, 0.15) is 28.2 Å². The molecule has 414 valence electrons. The van der Waals surface area contributed by atoms with Crippen LogP contribution in [0.1, 0.15) is 190 Å². The predicted octanol–water partition coefficient (Wildman–Crippen LogP) is 17.5. The number of pyridine rings is 4. The molecule has 4 aromatic heterocycles. The lowest BCUT2D eigenvalue weighted by molar-refractivity contribution is -0.661. The third-order valence-electron chi connectivity index (χ3n) is 16.0. The highest BCUT2D eigenvalue weighted by atomic mass is 14.9. The summed E-state index contributed by atoms with van der Waals surface area (Å²) in [5, 5.41) is 0. The predicted molar refractivity (Wildman–Crippen MR) is 334 cm³/mol. The van der Waals surface area contributed by atoms with Crippen molar-refractivity contribution >= 4 is 0 Å². The monoisotopic (exact) mass is 1060 g/mol. The van der Waals surface area contributed by atoms with Crippen LogP contribution in [0.4, 0.5) is 0 Å². The van der Waals surface area contributed by atoms with Gasteiger partial charge in [-0.25, -0.2) is 18.3 Å². The second-order valence-electron chi connectivity index (χ2n) is 23.5. The molecular formula is C75H98N4+4. The lowest BCUT2D eigenvalue weighted by Gasteiger charge is -2.19. The minimum Gasteiger partial charge on any atom is -0.201 e. The van der Waals surface area contributed by atoms with E-state index < -0.39 is 30.9 Å². The molecule has 0 spiro atoms. The van der Waals surface area contributed by atoms with Gasteiger partial charge in [-0.1, -0.05) is 140 Å². The molecule has 4 heteroatoms. The molecule has 8 aromatic rings. The first-order chi connectivity index (χ1) is 41.0. The Morgan fingerprint density at radius 1 is 0.494 bits per heavy atom. The zero-order valence-corrected chi connectivity index (χ0v) is 50.9. The highest BCUT2D eigenvalue weighted by Gasteiger charge is 2.26. The summed E-state index contributed by atoms with van der Waals surface area (Å²) >= 11 is 0. The largest absolute Gasteiger partial charge is 0.212 e. The van der Waals surface area contributed by atoms with Crippen LogP contribution >= 0.6 is 0 Å². The number of benzene rings is 4. The van der Waals surface area contributed by atoms with Gasteiger partial charge < -0.3 is 0 Å². The molecular weight excluding hydrogens is 957 g/mol. The molecule has 0 amide bonds. The summed E-state index contributed by atoms with van der Waals surface area (Å²) < 4.78 is 82.0. The quantitative estimate of drug-likeness (QED) is 0.128. The Kier molecular flexibility index (Phi) is 16.6. The van der Waals surface area contributed by atoms with E-state index in [0.717, 1.165) is 52.4 Å². The van der Waals surface area contributed by atoms with Crippen LogP contribution in [0.25, 0.3) is 45.0 Å². The fourth-order valence-corrected chi connectivity index (χ4v) is 11.6. The molecule has 1 unspecified atom stereocenters. The Bertz CT molecular complexity index is 3760. The average molecular weight is 1060 g/mol. The van der Waals surface area contributed by atoms with E-state index in [9.17, 15) is 0 Å². The molecule has 2 aliphatic carbocycles. The van der Waals surface area contributed by atoms with Crippen molar-refractivity contribution in [1.82, 2.24) is 0 Å². The fourth-order valence-electron chi connectivity index (χ4n) is 11.6. The van der Waals surface area contributed by atoms with E-state index in [-0.39, 0.29) is 17.0 Å². The highest BCUT2D eigenvalue weighted by Crippen LogP contribution is 2.38. The lowest BCUT2D eigenvalue weighted by atomic mass is 9.87. The highest BCUT2D eigenvalue weighted by molar-refractivity contribution is 5.64. The molecule has 2 fully saturated rings. The van der Waals surface area contributed by atoms with E-state index in [1.165, 1.54) is 114 Å². The maximum atomic E-state index is 8.76. The van der Waals surface area contributed by atoms with Crippen molar-refractivity contribution in [3.8, 4) is 45.0 Å². The number of hydrogen-bond acceptors (Lipinski definition) is 0.